The summed E-state index contributed by atoms with van der Waals surface area (Å²) in [7, 11) is -3.11. The topological polar surface area (TPSA) is 27.3 Å². The van der Waals surface area contributed by atoms with Crippen molar-refractivity contribution < 1.29 is 9.15 Å². The van der Waals surface area contributed by atoms with Gasteiger partial charge in [-0.3, -0.25) is 0 Å². The molecule has 59 heavy (non-hydrogen) atoms. The minimum atomic E-state index is -3.11. The number of furan rings is 1. The molecule has 13 rings (SSSR count). The first-order valence-corrected chi connectivity index (χ1v) is 22.9. The number of hydrogen-bond acceptors (Lipinski definition) is 3. The number of rotatable bonds is 4. The van der Waals surface area contributed by atoms with E-state index in [9.17, 15) is 0 Å². The van der Waals surface area contributed by atoms with Gasteiger partial charge in [-0.1, -0.05) is 152 Å². The van der Waals surface area contributed by atoms with Crippen molar-refractivity contribution in [2.45, 2.75) is 0 Å². The molecule has 1 unspecified atom stereocenters. The lowest BCUT2D eigenvalue weighted by molar-refractivity contribution is 0.489. The van der Waals surface area contributed by atoms with Gasteiger partial charge < -0.3 is 13.7 Å². The van der Waals surface area contributed by atoms with Crippen LogP contribution in [0, 0.1) is 0 Å². The van der Waals surface area contributed by atoms with Crippen LogP contribution in [-0.2, 0) is 0 Å². The third-order valence-corrected chi connectivity index (χ3v) is 18.6. The lowest BCUT2D eigenvalue weighted by Gasteiger charge is -2.40. The number of ether oxygens (including phenoxy) is 1. The first kappa shape index (κ1) is 32.9. The molecule has 4 heterocycles. The molecule has 0 saturated carbocycles. The molecular weight excluding hydrogens is 755 g/mol. The highest BCUT2D eigenvalue weighted by molar-refractivity contribution is 7.26. The fourth-order valence-electron chi connectivity index (χ4n) is 10.0. The van der Waals surface area contributed by atoms with Gasteiger partial charge in [0.05, 0.1) is 11.0 Å². The highest BCUT2D eigenvalue weighted by Crippen LogP contribution is 2.44. The molecule has 0 fully saturated rings. The van der Waals surface area contributed by atoms with Crippen LogP contribution >= 0.6 is 11.3 Å². The largest absolute Gasteiger partial charge is 0.457 e. The zero-order valence-corrected chi connectivity index (χ0v) is 33.5. The summed E-state index contributed by atoms with van der Waals surface area (Å²) in [5, 5.41) is 12.4. The second-order valence-electron chi connectivity index (χ2n) is 15.5. The molecule has 3 nitrogen and oxygen atoms in total. The van der Waals surface area contributed by atoms with Gasteiger partial charge in [-0.05, 0) is 69.3 Å². The molecule has 0 amide bonds. The number of nitrogens with zero attached hydrogens (tertiary/aromatic N) is 1. The maximum atomic E-state index is 7.22. The fourth-order valence-corrected chi connectivity index (χ4v) is 16.2. The van der Waals surface area contributed by atoms with E-state index in [0.717, 1.165) is 44.7 Å². The van der Waals surface area contributed by atoms with Crippen molar-refractivity contribution in [1.82, 2.24) is 4.57 Å². The molecule has 0 radical (unpaired) electrons. The Hall–Kier alpha value is -7.18. The van der Waals surface area contributed by atoms with Crippen LogP contribution in [0.4, 0.5) is 0 Å². The third kappa shape index (κ3) is 4.57. The van der Waals surface area contributed by atoms with Gasteiger partial charge in [0.15, 0.2) is 8.07 Å². The molecule has 12 aromatic rings. The zero-order chi connectivity index (χ0) is 38.7. The Morgan fingerprint density at radius 2 is 1.03 bits per heavy atom. The Kier molecular flexibility index (Phi) is 6.91. The monoisotopic (exact) mass is 787 g/mol. The smallest absolute Gasteiger partial charge is 0.188 e. The van der Waals surface area contributed by atoms with Crippen molar-refractivity contribution in [3.63, 3.8) is 0 Å². The summed E-state index contributed by atoms with van der Waals surface area (Å²) >= 11 is 1.86. The molecule has 3 aromatic heterocycles. The van der Waals surface area contributed by atoms with Crippen LogP contribution in [-0.4, -0.2) is 12.6 Å². The van der Waals surface area contributed by atoms with E-state index < -0.39 is 8.07 Å². The molecule has 1 aliphatic rings. The van der Waals surface area contributed by atoms with Gasteiger partial charge in [0.25, 0.3) is 0 Å². The van der Waals surface area contributed by atoms with Gasteiger partial charge in [0, 0.05) is 58.5 Å². The summed E-state index contributed by atoms with van der Waals surface area (Å²) in [6, 6.07) is 73.3. The summed E-state index contributed by atoms with van der Waals surface area (Å²) in [4.78, 5) is 0. The quantitative estimate of drug-likeness (QED) is 0.166. The van der Waals surface area contributed by atoms with Gasteiger partial charge in [-0.15, -0.1) is 11.3 Å². The van der Waals surface area contributed by atoms with E-state index >= 15 is 0 Å². The predicted molar refractivity (Wildman–Crippen MR) is 250 cm³/mol. The first-order valence-electron chi connectivity index (χ1n) is 20.1. The van der Waals surface area contributed by atoms with Crippen molar-refractivity contribution in [1.29, 1.82) is 0 Å². The molecule has 276 valence electrons. The van der Waals surface area contributed by atoms with Crippen molar-refractivity contribution in [2.75, 3.05) is 0 Å². The Morgan fingerprint density at radius 1 is 0.424 bits per heavy atom. The fraction of sp³-hybridized carbons (Fsp3) is 0. The second-order valence-corrected chi connectivity index (χ2v) is 20.3. The molecule has 1 aliphatic heterocycles. The number of para-hydroxylation sites is 5. The Labute approximate surface area is 344 Å². The van der Waals surface area contributed by atoms with E-state index in [1.807, 2.05) is 17.4 Å². The SMILES string of the molecule is c1ccc2c(c1)Oc1c(-c3cccc4c3sc3ccccc34)cccc1[Si]2(c1ccc(-n2c3ccccc3c3ccccc32)cc1)c1ccc2oc3ccccc3c2c1. The van der Waals surface area contributed by atoms with Crippen molar-refractivity contribution in [3.8, 4) is 28.3 Å². The molecular formula is C54H33NO2SSi. The van der Waals surface area contributed by atoms with Crippen molar-refractivity contribution >= 4 is 104 Å². The minimum absolute atomic E-state index is 0.895. The summed E-state index contributed by atoms with van der Waals surface area (Å²) in [5.74, 6) is 1.85. The van der Waals surface area contributed by atoms with Crippen LogP contribution in [0.15, 0.2) is 205 Å². The average Bonchev–Trinajstić information content (AvgIpc) is 3.98. The van der Waals surface area contributed by atoms with Crippen LogP contribution < -0.4 is 25.5 Å². The van der Waals surface area contributed by atoms with Gasteiger partial charge in [-0.25, -0.2) is 0 Å². The Morgan fingerprint density at radius 3 is 1.86 bits per heavy atom. The van der Waals surface area contributed by atoms with Crippen LogP contribution in [0.5, 0.6) is 11.5 Å². The van der Waals surface area contributed by atoms with Crippen LogP contribution in [0.25, 0.3) is 80.7 Å². The van der Waals surface area contributed by atoms with E-state index in [0.29, 0.717) is 0 Å². The van der Waals surface area contributed by atoms with Gasteiger partial charge in [0.2, 0.25) is 0 Å². The molecule has 9 aromatic carbocycles. The Balaban J connectivity index is 1.12. The lowest BCUT2D eigenvalue weighted by atomic mass is 10.0. The molecule has 0 N–H and O–H groups in total. The first-order chi connectivity index (χ1) is 29.3. The van der Waals surface area contributed by atoms with E-state index in [2.05, 4.69) is 199 Å². The number of hydrogen-bond donors (Lipinski definition) is 0. The standard InChI is InChI=1S/C54H33NO2SSi/c1-5-20-45-37(13-1)38-14-2-6-21-46(38)55(45)34-27-29-35(30-28-34)59(36-31-32-48-44(33-36)39-15-3-7-22-47(39)56-48)51-25-10-8-23-49(51)57-53-41(17-12-26-52(53)59)43-19-11-18-42-40-16-4-9-24-50(40)58-54(42)43/h1-33H. The number of thiophene rings is 1. The second kappa shape index (κ2) is 12.4. The van der Waals surface area contributed by atoms with E-state index in [1.165, 1.54) is 68.3 Å². The number of fused-ring (bicyclic) bond motifs is 11. The molecule has 0 saturated heterocycles. The van der Waals surface area contributed by atoms with Gasteiger partial charge in [0.1, 0.15) is 22.7 Å². The average molecular weight is 788 g/mol. The highest BCUT2D eigenvalue weighted by Gasteiger charge is 2.49. The van der Waals surface area contributed by atoms with E-state index in [-0.39, 0.29) is 0 Å². The molecule has 0 bridgehead atoms. The molecule has 5 heteroatoms. The highest BCUT2D eigenvalue weighted by atomic mass is 32.1. The minimum Gasteiger partial charge on any atom is -0.457 e. The van der Waals surface area contributed by atoms with Gasteiger partial charge in [-0.2, -0.15) is 0 Å². The normalized spacial score (nSPS) is 15.0. The molecule has 0 spiro atoms. The molecule has 0 aliphatic carbocycles. The zero-order valence-electron chi connectivity index (χ0n) is 31.7. The number of aromatic nitrogens is 1. The van der Waals surface area contributed by atoms with Gasteiger partial charge >= 0.3 is 0 Å². The molecule has 1 atom stereocenters. The van der Waals surface area contributed by atoms with E-state index in [4.69, 9.17) is 9.15 Å². The van der Waals surface area contributed by atoms with Crippen LogP contribution in [0.2, 0.25) is 0 Å². The maximum Gasteiger partial charge on any atom is 0.188 e. The predicted octanol–water partition coefficient (Wildman–Crippen LogP) is 12.2. The summed E-state index contributed by atoms with van der Waals surface area (Å²) < 4.78 is 18.6. The van der Waals surface area contributed by atoms with Crippen LogP contribution in [0.3, 0.4) is 0 Å². The summed E-state index contributed by atoms with van der Waals surface area (Å²) in [6.07, 6.45) is 0. The summed E-state index contributed by atoms with van der Waals surface area (Å²) in [5.41, 5.74) is 7.64. The third-order valence-electron chi connectivity index (χ3n) is 12.6. The Bertz CT molecular complexity index is 3620. The van der Waals surface area contributed by atoms with Crippen molar-refractivity contribution in [2.24, 2.45) is 0 Å². The summed E-state index contributed by atoms with van der Waals surface area (Å²) in [6.45, 7) is 0. The van der Waals surface area contributed by atoms with Crippen LogP contribution in [0.1, 0.15) is 0 Å². The van der Waals surface area contributed by atoms with Crippen molar-refractivity contribution in [3.05, 3.63) is 200 Å². The lowest BCUT2D eigenvalue weighted by Crippen LogP contribution is -2.76. The van der Waals surface area contributed by atoms with E-state index in [1.54, 1.807) is 0 Å². The maximum absolute atomic E-state index is 7.22. The number of benzene rings is 9.